The first kappa shape index (κ1) is 22.3. The third-order valence-electron chi connectivity index (χ3n) is 4.65. The molecule has 0 fully saturated rings. The summed E-state index contributed by atoms with van der Waals surface area (Å²) in [7, 11) is 0. The molecule has 2 rings (SSSR count). The molecule has 0 radical (unpaired) electrons. The van der Waals surface area contributed by atoms with E-state index < -0.39 is 5.97 Å². The van der Waals surface area contributed by atoms with E-state index in [4.69, 9.17) is 4.74 Å². The third-order valence-corrected chi connectivity index (χ3v) is 4.65. The van der Waals surface area contributed by atoms with Crippen molar-refractivity contribution in [3.63, 3.8) is 0 Å². The summed E-state index contributed by atoms with van der Waals surface area (Å²) in [5, 5.41) is 2.90. The van der Waals surface area contributed by atoms with Crippen LogP contribution in [0.15, 0.2) is 48.5 Å². The Hall–Kier alpha value is -2.95. The topological polar surface area (TPSA) is 72.5 Å². The third kappa shape index (κ3) is 6.56. The number of amides is 1. The summed E-state index contributed by atoms with van der Waals surface area (Å²) < 4.78 is 5.06. The highest BCUT2D eigenvalue weighted by Crippen LogP contribution is 2.32. The van der Waals surface area contributed by atoms with Gasteiger partial charge in [-0.25, -0.2) is 0 Å². The van der Waals surface area contributed by atoms with E-state index in [9.17, 15) is 14.4 Å². The van der Waals surface area contributed by atoms with Gasteiger partial charge >= 0.3 is 5.97 Å². The minimum atomic E-state index is -0.564. The SMILES string of the molecule is CC(C)c1cccc(C(C)C)c1NC(=O)COC(=O)CCC(=O)c1ccccc1. The van der Waals surface area contributed by atoms with Crippen LogP contribution in [0.1, 0.15) is 73.9 Å². The smallest absolute Gasteiger partial charge is 0.306 e. The maximum atomic E-state index is 12.4. The number of hydrogen-bond donors (Lipinski definition) is 1. The van der Waals surface area contributed by atoms with Gasteiger partial charge in [0.2, 0.25) is 0 Å². The predicted octanol–water partition coefficient (Wildman–Crippen LogP) is 5.08. The zero-order valence-electron chi connectivity index (χ0n) is 17.5. The van der Waals surface area contributed by atoms with E-state index in [-0.39, 0.29) is 43.0 Å². The Balaban J connectivity index is 1.90. The molecule has 1 N–H and O–H groups in total. The number of esters is 1. The molecule has 0 aliphatic carbocycles. The van der Waals surface area contributed by atoms with Crippen molar-refractivity contribution in [2.75, 3.05) is 11.9 Å². The van der Waals surface area contributed by atoms with Crippen molar-refractivity contribution >= 4 is 23.3 Å². The van der Waals surface area contributed by atoms with Crippen LogP contribution in [0.2, 0.25) is 0 Å². The maximum absolute atomic E-state index is 12.4. The first-order valence-electron chi connectivity index (χ1n) is 9.96. The average Bonchev–Trinajstić information content (AvgIpc) is 2.70. The monoisotopic (exact) mass is 395 g/mol. The van der Waals surface area contributed by atoms with Crippen molar-refractivity contribution < 1.29 is 19.1 Å². The number of rotatable bonds is 9. The Morgan fingerprint density at radius 3 is 1.97 bits per heavy atom. The van der Waals surface area contributed by atoms with Crippen LogP contribution in [0.5, 0.6) is 0 Å². The van der Waals surface area contributed by atoms with E-state index in [1.54, 1.807) is 24.3 Å². The lowest BCUT2D eigenvalue weighted by molar-refractivity contribution is -0.147. The number of carbonyl (C=O) groups excluding carboxylic acids is 3. The highest BCUT2D eigenvalue weighted by molar-refractivity contribution is 5.98. The molecule has 0 aliphatic heterocycles. The Morgan fingerprint density at radius 1 is 0.828 bits per heavy atom. The van der Waals surface area contributed by atoms with Crippen molar-refractivity contribution in [3.05, 3.63) is 65.2 Å². The summed E-state index contributed by atoms with van der Waals surface area (Å²) in [5.41, 5.74) is 3.44. The van der Waals surface area contributed by atoms with Gasteiger partial charge in [0.25, 0.3) is 5.91 Å². The Labute approximate surface area is 172 Å². The average molecular weight is 395 g/mol. The van der Waals surface area contributed by atoms with Gasteiger partial charge in [0.15, 0.2) is 12.4 Å². The van der Waals surface area contributed by atoms with E-state index in [1.807, 2.05) is 24.3 Å². The van der Waals surface area contributed by atoms with Gasteiger partial charge in [-0.2, -0.15) is 0 Å². The van der Waals surface area contributed by atoms with Crippen LogP contribution in [0.3, 0.4) is 0 Å². The molecule has 0 saturated carbocycles. The van der Waals surface area contributed by atoms with E-state index in [2.05, 4.69) is 33.0 Å². The lowest BCUT2D eigenvalue weighted by atomic mass is 9.92. The van der Waals surface area contributed by atoms with Crippen molar-refractivity contribution in [3.8, 4) is 0 Å². The summed E-state index contributed by atoms with van der Waals surface area (Å²) in [4.78, 5) is 36.3. The number of benzene rings is 2. The van der Waals surface area contributed by atoms with Gasteiger partial charge < -0.3 is 10.1 Å². The number of hydrogen-bond acceptors (Lipinski definition) is 4. The van der Waals surface area contributed by atoms with Gasteiger partial charge in [-0.1, -0.05) is 76.2 Å². The van der Waals surface area contributed by atoms with Gasteiger partial charge in [0, 0.05) is 17.7 Å². The Kier molecular flexibility index (Phi) is 8.13. The second kappa shape index (κ2) is 10.6. The molecule has 5 nitrogen and oxygen atoms in total. The maximum Gasteiger partial charge on any atom is 0.306 e. The summed E-state index contributed by atoms with van der Waals surface area (Å²) in [5.74, 6) is -0.584. The van der Waals surface area contributed by atoms with Crippen molar-refractivity contribution in [2.45, 2.75) is 52.4 Å². The molecule has 154 valence electrons. The van der Waals surface area contributed by atoms with Crippen molar-refractivity contribution in [1.29, 1.82) is 0 Å². The number of carbonyl (C=O) groups is 3. The zero-order chi connectivity index (χ0) is 21.4. The molecule has 0 heterocycles. The lowest BCUT2D eigenvalue weighted by Crippen LogP contribution is -2.23. The molecule has 5 heteroatoms. The highest BCUT2D eigenvalue weighted by atomic mass is 16.5. The van der Waals surface area contributed by atoms with Crippen LogP contribution < -0.4 is 5.32 Å². The molecule has 29 heavy (non-hydrogen) atoms. The molecule has 0 saturated heterocycles. The summed E-state index contributed by atoms with van der Waals surface area (Å²) in [6.45, 7) is 7.90. The fourth-order valence-corrected chi connectivity index (χ4v) is 3.07. The fourth-order valence-electron chi connectivity index (χ4n) is 3.07. The molecule has 2 aromatic carbocycles. The van der Waals surface area contributed by atoms with Gasteiger partial charge in [-0.15, -0.1) is 0 Å². The van der Waals surface area contributed by atoms with Crippen LogP contribution >= 0.6 is 0 Å². The van der Waals surface area contributed by atoms with E-state index >= 15 is 0 Å². The predicted molar refractivity (Wildman–Crippen MR) is 114 cm³/mol. The Bertz CT molecular complexity index is 830. The van der Waals surface area contributed by atoms with Crippen molar-refractivity contribution in [1.82, 2.24) is 0 Å². The zero-order valence-corrected chi connectivity index (χ0v) is 17.5. The number of Topliss-reactive ketones (excluding diaryl/α,β-unsaturated/α-hetero) is 1. The van der Waals surface area contributed by atoms with E-state index in [0.29, 0.717) is 5.56 Å². The standard InChI is InChI=1S/C24H29NO4/c1-16(2)19-11-8-12-20(17(3)4)24(19)25-22(27)15-29-23(28)14-13-21(26)18-9-6-5-7-10-18/h5-12,16-17H,13-15H2,1-4H3,(H,25,27). The molecule has 1 amide bonds. The molecule has 0 atom stereocenters. The number of nitrogens with one attached hydrogen (secondary N) is 1. The normalized spacial score (nSPS) is 10.8. The largest absolute Gasteiger partial charge is 0.456 e. The van der Waals surface area contributed by atoms with E-state index in [1.165, 1.54) is 0 Å². The minimum absolute atomic E-state index is 0.0537. The number of anilines is 1. The second-order valence-corrected chi connectivity index (χ2v) is 7.62. The van der Waals surface area contributed by atoms with Crippen LogP contribution in [-0.4, -0.2) is 24.3 Å². The number of ether oxygens (including phenoxy) is 1. The molecule has 0 spiro atoms. The van der Waals surface area contributed by atoms with Crippen molar-refractivity contribution in [2.24, 2.45) is 0 Å². The van der Waals surface area contributed by atoms with E-state index in [0.717, 1.165) is 16.8 Å². The minimum Gasteiger partial charge on any atom is -0.456 e. The molecule has 0 bridgehead atoms. The Morgan fingerprint density at radius 2 is 1.41 bits per heavy atom. The summed E-state index contributed by atoms with van der Waals surface area (Å²) in [6.07, 6.45) is -0.00101. The van der Waals surface area contributed by atoms with Gasteiger partial charge in [-0.05, 0) is 23.0 Å². The van der Waals surface area contributed by atoms with Gasteiger partial charge in [0.1, 0.15) is 0 Å². The number of para-hydroxylation sites is 1. The summed E-state index contributed by atoms with van der Waals surface area (Å²) >= 11 is 0. The molecule has 0 aromatic heterocycles. The van der Waals surface area contributed by atoms with Crippen LogP contribution in [0.4, 0.5) is 5.69 Å². The first-order chi connectivity index (χ1) is 13.8. The molecular formula is C24H29NO4. The van der Waals surface area contributed by atoms with Crippen LogP contribution in [0.25, 0.3) is 0 Å². The number of ketones is 1. The fraction of sp³-hybridized carbons (Fsp3) is 0.375. The second-order valence-electron chi connectivity index (χ2n) is 7.62. The highest BCUT2D eigenvalue weighted by Gasteiger charge is 2.17. The summed E-state index contributed by atoms with van der Waals surface area (Å²) in [6, 6.07) is 14.8. The van der Waals surface area contributed by atoms with Gasteiger partial charge in [0.05, 0.1) is 6.42 Å². The molecule has 2 aromatic rings. The molecule has 0 aliphatic rings. The quantitative estimate of drug-likeness (QED) is 0.475. The molecular weight excluding hydrogens is 366 g/mol. The molecule has 0 unspecified atom stereocenters. The first-order valence-corrected chi connectivity index (χ1v) is 9.96. The van der Waals surface area contributed by atoms with Gasteiger partial charge in [-0.3, -0.25) is 14.4 Å². The lowest BCUT2D eigenvalue weighted by Gasteiger charge is -2.20. The van der Waals surface area contributed by atoms with Crippen LogP contribution in [-0.2, 0) is 14.3 Å². The van der Waals surface area contributed by atoms with Crippen LogP contribution in [0, 0.1) is 0 Å².